The molecule has 0 saturated carbocycles. The maximum Gasteiger partial charge on any atom is 0.258 e. The summed E-state index contributed by atoms with van der Waals surface area (Å²) in [4.78, 5) is 28.2. The van der Waals surface area contributed by atoms with Gasteiger partial charge < -0.3 is 9.84 Å². The summed E-state index contributed by atoms with van der Waals surface area (Å²) in [6.45, 7) is 4.98. The number of fused-ring (bicyclic) bond motifs is 1. The highest BCUT2D eigenvalue weighted by atomic mass is 19.1. The number of aliphatic hydroxyl groups is 1. The van der Waals surface area contributed by atoms with Gasteiger partial charge in [-0.1, -0.05) is 60.7 Å². The number of rotatable bonds is 6. The molecule has 1 aliphatic heterocycles. The molecule has 0 saturated heterocycles. The Morgan fingerprint density at radius 1 is 0.875 bits per heavy atom. The molecule has 5 nitrogen and oxygen atoms in total. The molecule has 1 unspecified atom stereocenters. The van der Waals surface area contributed by atoms with Crippen LogP contribution in [0.2, 0.25) is 0 Å². The molecule has 40 heavy (non-hydrogen) atoms. The van der Waals surface area contributed by atoms with Gasteiger partial charge in [0.05, 0.1) is 6.04 Å². The minimum atomic E-state index is -1.19. The van der Waals surface area contributed by atoms with Crippen LogP contribution in [0.3, 0.4) is 0 Å². The van der Waals surface area contributed by atoms with E-state index in [9.17, 15) is 19.1 Å². The van der Waals surface area contributed by atoms with Crippen molar-refractivity contribution in [2.45, 2.75) is 38.5 Å². The SMILES string of the molecule is CC(=O)c1cc(C=Cc2ccccc2)c2c(c1)C(N(C(=O)c1ccccc1)c1ccc(F)cc1)[C@@H](O)C(C)(C)O2. The third kappa shape index (κ3) is 5.31. The van der Waals surface area contributed by atoms with Gasteiger partial charge in [-0.15, -0.1) is 0 Å². The number of Topliss-reactive ketones (excluding diaryl/α,β-unsaturated/α-hetero) is 1. The molecule has 1 N–H and O–H groups in total. The summed E-state index contributed by atoms with van der Waals surface area (Å²) in [5.41, 5.74) is 2.19. The topological polar surface area (TPSA) is 66.8 Å². The van der Waals surface area contributed by atoms with Crippen molar-refractivity contribution < 1.29 is 23.8 Å². The Hall–Kier alpha value is -4.55. The zero-order valence-corrected chi connectivity index (χ0v) is 22.5. The van der Waals surface area contributed by atoms with E-state index in [2.05, 4.69) is 0 Å². The number of carbonyl (C=O) groups is 2. The van der Waals surface area contributed by atoms with Crippen LogP contribution in [0.1, 0.15) is 64.2 Å². The molecule has 0 aromatic heterocycles. The summed E-state index contributed by atoms with van der Waals surface area (Å²) in [6, 6.07) is 26.5. The van der Waals surface area contributed by atoms with Crippen molar-refractivity contribution in [3.8, 4) is 5.75 Å². The Labute approximate surface area is 233 Å². The van der Waals surface area contributed by atoms with E-state index in [1.807, 2.05) is 48.6 Å². The highest BCUT2D eigenvalue weighted by Gasteiger charge is 2.48. The van der Waals surface area contributed by atoms with Crippen LogP contribution in [-0.4, -0.2) is 28.5 Å². The normalized spacial score (nSPS) is 17.6. The Balaban J connectivity index is 1.75. The molecule has 4 aromatic rings. The third-order valence-electron chi connectivity index (χ3n) is 7.13. The number of ketones is 1. The zero-order valence-electron chi connectivity index (χ0n) is 22.5. The molecule has 2 atom stereocenters. The number of ether oxygens (including phenoxy) is 1. The summed E-state index contributed by atoms with van der Waals surface area (Å²) in [6.07, 6.45) is 2.60. The Kier molecular flexibility index (Phi) is 7.37. The first-order valence-corrected chi connectivity index (χ1v) is 13.1. The van der Waals surface area contributed by atoms with Crippen molar-refractivity contribution in [2.24, 2.45) is 0 Å². The molecule has 1 amide bonds. The summed E-state index contributed by atoms with van der Waals surface area (Å²) in [7, 11) is 0. The average Bonchev–Trinajstić information content (AvgIpc) is 2.95. The third-order valence-corrected chi connectivity index (χ3v) is 7.13. The van der Waals surface area contributed by atoms with Gasteiger partial charge in [0.25, 0.3) is 5.91 Å². The number of aliphatic hydroxyl groups excluding tert-OH is 1. The van der Waals surface area contributed by atoms with Gasteiger partial charge in [-0.2, -0.15) is 0 Å². The summed E-state index contributed by atoms with van der Waals surface area (Å²) in [5.74, 6) is -0.533. The quantitative estimate of drug-likeness (QED) is 0.211. The molecule has 6 heteroatoms. The van der Waals surface area contributed by atoms with E-state index in [1.54, 1.807) is 50.2 Å². The number of benzene rings is 4. The molecule has 0 radical (unpaired) electrons. The van der Waals surface area contributed by atoms with Gasteiger partial charge in [0.15, 0.2) is 5.78 Å². The molecule has 202 valence electrons. The molecule has 5 rings (SSSR count). The Bertz CT molecular complexity index is 1560. The standard InChI is InChI=1S/C34H30FNO4/c1-22(37)26-20-25(15-14-23-10-6-4-7-11-23)31-29(21-26)30(32(38)34(2,3)40-31)36(28-18-16-27(35)17-19-28)33(39)24-12-8-5-9-13-24/h4-21,30,32,38H,1-3H3/t30?,32-/m1/s1. The average molecular weight is 536 g/mol. The molecule has 0 aliphatic carbocycles. The molecule has 0 bridgehead atoms. The number of carbonyl (C=O) groups excluding carboxylic acids is 2. The maximum atomic E-state index is 14.1. The lowest BCUT2D eigenvalue weighted by atomic mass is 9.82. The minimum Gasteiger partial charge on any atom is -0.484 e. The van der Waals surface area contributed by atoms with Crippen molar-refractivity contribution in [2.75, 3.05) is 4.90 Å². The number of nitrogens with zero attached hydrogens (tertiary/aromatic N) is 1. The lowest BCUT2D eigenvalue weighted by molar-refractivity contribution is -0.0578. The second-order valence-corrected chi connectivity index (χ2v) is 10.4. The predicted molar refractivity (Wildman–Crippen MR) is 155 cm³/mol. The number of halogens is 1. The monoisotopic (exact) mass is 535 g/mol. The second kappa shape index (κ2) is 10.9. The smallest absolute Gasteiger partial charge is 0.258 e. The minimum absolute atomic E-state index is 0.169. The fourth-order valence-electron chi connectivity index (χ4n) is 4.97. The maximum absolute atomic E-state index is 14.1. The predicted octanol–water partition coefficient (Wildman–Crippen LogP) is 7.12. The van der Waals surface area contributed by atoms with Crippen LogP contribution in [0, 0.1) is 5.82 Å². The number of amides is 1. The number of anilines is 1. The van der Waals surface area contributed by atoms with Gasteiger partial charge in [-0.3, -0.25) is 14.5 Å². The van der Waals surface area contributed by atoms with Crippen molar-refractivity contribution in [1.29, 1.82) is 0 Å². The van der Waals surface area contributed by atoms with Gasteiger partial charge in [-0.05, 0) is 74.9 Å². The van der Waals surface area contributed by atoms with Crippen LogP contribution in [0.5, 0.6) is 5.75 Å². The highest BCUT2D eigenvalue weighted by Crippen LogP contribution is 2.47. The van der Waals surface area contributed by atoms with Crippen LogP contribution in [0.25, 0.3) is 12.2 Å². The molecule has 1 heterocycles. The van der Waals surface area contributed by atoms with Gasteiger partial charge >= 0.3 is 0 Å². The van der Waals surface area contributed by atoms with Gasteiger partial charge in [0, 0.05) is 27.9 Å². The van der Waals surface area contributed by atoms with E-state index >= 15 is 0 Å². The van der Waals surface area contributed by atoms with Crippen molar-refractivity contribution >= 4 is 29.5 Å². The van der Waals surface area contributed by atoms with E-state index in [1.165, 1.54) is 36.1 Å². The lowest BCUT2D eigenvalue weighted by Gasteiger charge is -2.47. The molecular formula is C34H30FNO4. The number of hydrogen-bond acceptors (Lipinski definition) is 4. The molecule has 0 fully saturated rings. The van der Waals surface area contributed by atoms with Gasteiger partial charge in [0.2, 0.25) is 0 Å². The summed E-state index contributed by atoms with van der Waals surface area (Å²) in [5, 5.41) is 11.8. The van der Waals surface area contributed by atoms with E-state index in [0.717, 1.165) is 5.56 Å². The first kappa shape index (κ1) is 27.0. The van der Waals surface area contributed by atoms with Crippen LogP contribution >= 0.6 is 0 Å². The largest absolute Gasteiger partial charge is 0.484 e. The van der Waals surface area contributed by atoms with Gasteiger partial charge in [-0.25, -0.2) is 4.39 Å². The Morgan fingerprint density at radius 2 is 1.50 bits per heavy atom. The molecular weight excluding hydrogens is 505 g/mol. The van der Waals surface area contributed by atoms with Crippen molar-refractivity contribution in [3.63, 3.8) is 0 Å². The second-order valence-electron chi connectivity index (χ2n) is 10.4. The van der Waals surface area contributed by atoms with Gasteiger partial charge in [0.1, 0.15) is 23.3 Å². The van der Waals surface area contributed by atoms with Crippen LogP contribution < -0.4 is 9.64 Å². The van der Waals surface area contributed by atoms with Crippen molar-refractivity contribution in [1.82, 2.24) is 0 Å². The zero-order chi connectivity index (χ0) is 28.4. The van der Waals surface area contributed by atoms with Crippen LogP contribution in [0.15, 0.2) is 97.1 Å². The Morgan fingerprint density at radius 3 is 2.12 bits per heavy atom. The molecule has 4 aromatic carbocycles. The summed E-state index contributed by atoms with van der Waals surface area (Å²) >= 11 is 0. The first-order chi connectivity index (χ1) is 19.2. The van der Waals surface area contributed by atoms with Crippen molar-refractivity contribution in [3.05, 3.63) is 131 Å². The lowest BCUT2D eigenvalue weighted by Crippen LogP contribution is -2.55. The van der Waals surface area contributed by atoms with E-state index in [-0.39, 0.29) is 11.7 Å². The molecule has 0 spiro atoms. The summed E-state index contributed by atoms with van der Waals surface area (Å²) < 4.78 is 20.4. The first-order valence-electron chi connectivity index (χ1n) is 13.1. The fourth-order valence-corrected chi connectivity index (χ4v) is 4.97. The van der Waals surface area contributed by atoms with Crippen LogP contribution in [0.4, 0.5) is 10.1 Å². The van der Waals surface area contributed by atoms with E-state index in [0.29, 0.717) is 33.7 Å². The number of hydrogen-bond donors (Lipinski definition) is 1. The van der Waals surface area contributed by atoms with E-state index in [4.69, 9.17) is 4.74 Å². The highest BCUT2D eigenvalue weighted by molar-refractivity contribution is 6.07. The molecule has 1 aliphatic rings. The van der Waals surface area contributed by atoms with E-state index < -0.39 is 23.6 Å². The van der Waals surface area contributed by atoms with Crippen LogP contribution in [-0.2, 0) is 0 Å². The fraction of sp³-hybridized carbons (Fsp3) is 0.176.